The van der Waals surface area contributed by atoms with Crippen molar-refractivity contribution >= 4 is 0 Å². The van der Waals surface area contributed by atoms with Crippen LogP contribution >= 0.6 is 0 Å². The van der Waals surface area contributed by atoms with Crippen molar-refractivity contribution in [2.24, 2.45) is 11.8 Å². The summed E-state index contributed by atoms with van der Waals surface area (Å²) < 4.78 is 5.99. The van der Waals surface area contributed by atoms with E-state index in [2.05, 4.69) is 36.5 Å². The second-order valence-corrected chi connectivity index (χ2v) is 6.43. The Morgan fingerprint density at radius 3 is 2.85 bits per heavy atom. The van der Waals surface area contributed by atoms with Gasteiger partial charge in [-0.25, -0.2) is 0 Å². The first-order valence-electron chi connectivity index (χ1n) is 8.31. The predicted molar refractivity (Wildman–Crippen MR) is 83.2 cm³/mol. The summed E-state index contributed by atoms with van der Waals surface area (Å²) >= 11 is 0. The van der Waals surface area contributed by atoms with Gasteiger partial charge in [0.2, 0.25) is 0 Å². The van der Waals surface area contributed by atoms with Crippen molar-refractivity contribution in [1.29, 1.82) is 0 Å². The van der Waals surface area contributed by atoms with Gasteiger partial charge in [-0.05, 0) is 36.9 Å². The van der Waals surface area contributed by atoms with Crippen LogP contribution in [-0.2, 0) is 6.42 Å². The maximum absolute atomic E-state index is 5.99. The molecule has 1 aliphatic carbocycles. The van der Waals surface area contributed by atoms with Crippen LogP contribution in [0.25, 0.3) is 0 Å². The summed E-state index contributed by atoms with van der Waals surface area (Å²) in [5, 5.41) is 3.73. The van der Waals surface area contributed by atoms with Crippen LogP contribution in [0.1, 0.15) is 44.6 Å². The molecule has 1 heterocycles. The van der Waals surface area contributed by atoms with E-state index in [1.165, 1.54) is 44.1 Å². The summed E-state index contributed by atoms with van der Waals surface area (Å²) in [6, 6.07) is 9.14. The molecule has 20 heavy (non-hydrogen) atoms. The molecule has 2 heteroatoms. The third-order valence-electron chi connectivity index (χ3n) is 5.00. The van der Waals surface area contributed by atoms with Crippen molar-refractivity contribution in [3.8, 4) is 5.75 Å². The molecule has 1 saturated carbocycles. The van der Waals surface area contributed by atoms with Crippen molar-refractivity contribution < 1.29 is 4.74 Å². The molecule has 3 rings (SSSR count). The number of para-hydroxylation sites is 1. The van der Waals surface area contributed by atoms with E-state index in [1.54, 1.807) is 0 Å². The SMILES string of the molecule is CCNC(CC1CCCC1)C1COc2ccccc2C1. The first-order valence-corrected chi connectivity index (χ1v) is 8.31. The van der Waals surface area contributed by atoms with Gasteiger partial charge >= 0.3 is 0 Å². The van der Waals surface area contributed by atoms with Gasteiger partial charge in [-0.3, -0.25) is 0 Å². The van der Waals surface area contributed by atoms with E-state index >= 15 is 0 Å². The molecule has 0 spiro atoms. The Hall–Kier alpha value is -1.02. The molecule has 1 aliphatic heterocycles. The van der Waals surface area contributed by atoms with Gasteiger partial charge < -0.3 is 10.1 Å². The van der Waals surface area contributed by atoms with Crippen molar-refractivity contribution in [3.63, 3.8) is 0 Å². The zero-order valence-corrected chi connectivity index (χ0v) is 12.6. The van der Waals surface area contributed by atoms with Gasteiger partial charge in [0, 0.05) is 12.0 Å². The summed E-state index contributed by atoms with van der Waals surface area (Å²) in [4.78, 5) is 0. The third kappa shape index (κ3) is 3.17. The standard InChI is InChI=1S/C18H27NO/c1-2-19-17(11-14-7-3-4-8-14)16-12-15-9-5-6-10-18(15)20-13-16/h5-6,9-10,14,16-17,19H,2-4,7-8,11-13H2,1H3. The molecule has 1 aromatic carbocycles. The number of hydrogen-bond acceptors (Lipinski definition) is 2. The lowest BCUT2D eigenvalue weighted by molar-refractivity contribution is 0.170. The minimum atomic E-state index is 0.622. The van der Waals surface area contributed by atoms with Crippen molar-refractivity contribution in [2.75, 3.05) is 13.2 Å². The van der Waals surface area contributed by atoms with E-state index in [1.807, 2.05) is 0 Å². The van der Waals surface area contributed by atoms with Gasteiger partial charge in [0.05, 0.1) is 6.61 Å². The van der Waals surface area contributed by atoms with Crippen LogP contribution in [0.5, 0.6) is 5.75 Å². The summed E-state index contributed by atoms with van der Waals surface area (Å²) in [5.74, 6) is 2.67. The van der Waals surface area contributed by atoms with E-state index < -0.39 is 0 Å². The topological polar surface area (TPSA) is 21.3 Å². The van der Waals surface area contributed by atoms with Gasteiger partial charge in [-0.2, -0.15) is 0 Å². The fourth-order valence-electron chi connectivity index (χ4n) is 3.92. The summed E-state index contributed by atoms with van der Waals surface area (Å²) in [5.41, 5.74) is 1.39. The van der Waals surface area contributed by atoms with E-state index in [9.17, 15) is 0 Å². The number of hydrogen-bond donors (Lipinski definition) is 1. The summed E-state index contributed by atoms with van der Waals surface area (Å²) in [6.45, 7) is 4.16. The van der Waals surface area contributed by atoms with Crippen LogP contribution < -0.4 is 10.1 Å². The highest BCUT2D eigenvalue weighted by atomic mass is 16.5. The monoisotopic (exact) mass is 273 g/mol. The second kappa shape index (κ2) is 6.62. The molecule has 0 amide bonds. The lowest BCUT2D eigenvalue weighted by Gasteiger charge is -2.33. The lowest BCUT2D eigenvalue weighted by Crippen LogP contribution is -2.42. The molecule has 2 atom stereocenters. The molecule has 2 unspecified atom stereocenters. The molecule has 0 radical (unpaired) electrons. The molecule has 2 aliphatic rings. The van der Waals surface area contributed by atoms with E-state index in [4.69, 9.17) is 4.74 Å². The first-order chi connectivity index (χ1) is 9.86. The zero-order chi connectivity index (χ0) is 13.8. The van der Waals surface area contributed by atoms with Crippen LogP contribution in [0.4, 0.5) is 0 Å². The fraction of sp³-hybridized carbons (Fsp3) is 0.667. The van der Waals surface area contributed by atoms with Crippen LogP contribution in [0, 0.1) is 11.8 Å². The minimum absolute atomic E-state index is 0.622. The molecule has 0 saturated heterocycles. The Morgan fingerprint density at radius 2 is 2.05 bits per heavy atom. The average molecular weight is 273 g/mol. The molecular formula is C18H27NO. The van der Waals surface area contributed by atoms with Gasteiger partial charge in [-0.15, -0.1) is 0 Å². The Kier molecular flexibility index (Phi) is 4.62. The molecule has 110 valence electrons. The molecule has 0 bridgehead atoms. The Bertz CT molecular complexity index is 425. The number of ether oxygens (including phenoxy) is 1. The molecule has 0 aromatic heterocycles. The highest BCUT2D eigenvalue weighted by Crippen LogP contribution is 2.33. The Labute approximate surface area is 122 Å². The van der Waals surface area contributed by atoms with Crippen LogP contribution in [0.2, 0.25) is 0 Å². The Balaban J connectivity index is 1.65. The predicted octanol–water partition coefficient (Wildman–Crippen LogP) is 3.80. The largest absolute Gasteiger partial charge is 0.493 e. The van der Waals surface area contributed by atoms with Crippen molar-refractivity contribution in [2.45, 2.75) is 51.5 Å². The smallest absolute Gasteiger partial charge is 0.122 e. The number of fused-ring (bicyclic) bond motifs is 1. The summed E-state index contributed by atoms with van der Waals surface area (Å²) in [7, 11) is 0. The maximum Gasteiger partial charge on any atom is 0.122 e. The second-order valence-electron chi connectivity index (χ2n) is 6.43. The lowest BCUT2D eigenvalue weighted by atomic mass is 9.84. The molecular weight excluding hydrogens is 246 g/mol. The van der Waals surface area contributed by atoms with Crippen molar-refractivity contribution in [1.82, 2.24) is 5.32 Å². The van der Waals surface area contributed by atoms with E-state index in [-0.39, 0.29) is 0 Å². The van der Waals surface area contributed by atoms with Crippen LogP contribution in [0.15, 0.2) is 24.3 Å². The third-order valence-corrected chi connectivity index (χ3v) is 5.00. The van der Waals surface area contributed by atoms with Gasteiger partial charge in [0.25, 0.3) is 0 Å². The molecule has 2 nitrogen and oxygen atoms in total. The quantitative estimate of drug-likeness (QED) is 0.881. The van der Waals surface area contributed by atoms with E-state index in [0.29, 0.717) is 12.0 Å². The van der Waals surface area contributed by atoms with Crippen molar-refractivity contribution in [3.05, 3.63) is 29.8 Å². The van der Waals surface area contributed by atoms with Crippen LogP contribution in [-0.4, -0.2) is 19.2 Å². The van der Waals surface area contributed by atoms with Gasteiger partial charge in [0.15, 0.2) is 0 Å². The molecule has 1 aromatic rings. The molecule has 1 fully saturated rings. The Morgan fingerprint density at radius 1 is 1.25 bits per heavy atom. The number of benzene rings is 1. The minimum Gasteiger partial charge on any atom is -0.493 e. The normalized spacial score (nSPS) is 24.1. The first kappa shape index (κ1) is 13.9. The number of rotatable bonds is 5. The van der Waals surface area contributed by atoms with E-state index in [0.717, 1.165) is 24.8 Å². The highest BCUT2D eigenvalue weighted by Gasteiger charge is 2.29. The zero-order valence-electron chi connectivity index (χ0n) is 12.6. The fourth-order valence-corrected chi connectivity index (χ4v) is 3.92. The molecule has 1 N–H and O–H groups in total. The highest BCUT2D eigenvalue weighted by molar-refractivity contribution is 5.35. The number of nitrogens with one attached hydrogen (secondary N) is 1. The summed E-state index contributed by atoms with van der Waals surface area (Å²) in [6.07, 6.45) is 8.25. The van der Waals surface area contributed by atoms with Crippen LogP contribution in [0.3, 0.4) is 0 Å². The maximum atomic E-state index is 5.99. The average Bonchev–Trinajstić information content (AvgIpc) is 2.99. The van der Waals surface area contributed by atoms with Gasteiger partial charge in [0.1, 0.15) is 5.75 Å². The van der Waals surface area contributed by atoms with Gasteiger partial charge in [-0.1, -0.05) is 50.8 Å².